The molecule has 1 fully saturated rings. The number of fused-ring (bicyclic) bond motifs is 1. The number of rotatable bonds is 4. The fourth-order valence-electron chi connectivity index (χ4n) is 3.17. The highest BCUT2D eigenvalue weighted by Crippen LogP contribution is 2.36. The maximum absolute atomic E-state index is 5.88. The molecule has 1 aromatic carbocycles. The Hall–Kier alpha value is -1.99. The molecular weight excluding hydrogens is 336 g/mol. The van der Waals surface area contributed by atoms with Gasteiger partial charge in [0.1, 0.15) is 12.4 Å². The Morgan fingerprint density at radius 1 is 1.16 bits per heavy atom. The average Bonchev–Trinajstić information content (AvgIpc) is 3.11. The molecule has 2 aromatic rings. The SMILES string of the molecule is CN(C)c1ccc2c(c1)OCCN2Cc1cnc(N2CCOCC2)s1. The summed E-state index contributed by atoms with van der Waals surface area (Å²) in [5.41, 5.74) is 2.33. The molecule has 2 aliphatic rings. The van der Waals surface area contributed by atoms with Crippen LogP contribution >= 0.6 is 11.3 Å². The number of hydrogen-bond acceptors (Lipinski definition) is 7. The Morgan fingerprint density at radius 2 is 2.00 bits per heavy atom. The summed E-state index contributed by atoms with van der Waals surface area (Å²) in [4.78, 5) is 12.7. The molecule has 134 valence electrons. The van der Waals surface area contributed by atoms with Crippen LogP contribution in [0, 0.1) is 0 Å². The second-order valence-corrected chi connectivity index (χ2v) is 7.62. The quantitative estimate of drug-likeness (QED) is 0.834. The standard InChI is InChI=1S/C18H24N4O2S/c1-20(2)14-3-4-16-17(11-14)24-10-7-22(16)13-15-12-19-18(25-15)21-5-8-23-9-6-21/h3-4,11-12H,5-10,13H2,1-2H3. The van der Waals surface area contributed by atoms with Gasteiger partial charge in [0, 0.05) is 50.0 Å². The zero-order valence-corrected chi connectivity index (χ0v) is 15.6. The molecule has 0 bridgehead atoms. The molecule has 0 radical (unpaired) electrons. The number of hydrogen-bond donors (Lipinski definition) is 0. The van der Waals surface area contributed by atoms with Crippen molar-refractivity contribution < 1.29 is 9.47 Å². The first-order valence-corrected chi connectivity index (χ1v) is 9.49. The Bertz CT molecular complexity index is 728. The second kappa shape index (κ2) is 7.09. The molecule has 25 heavy (non-hydrogen) atoms. The van der Waals surface area contributed by atoms with Crippen molar-refractivity contribution in [2.45, 2.75) is 6.54 Å². The third-order valence-corrected chi connectivity index (χ3v) is 5.63. The Morgan fingerprint density at radius 3 is 2.80 bits per heavy atom. The van der Waals surface area contributed by atoms with Gasteiger partial charge in [0.05, 0.1) is 32.0 Å². The van der Waals surface area contributed by atoms with Crippen LogP contribution in [-0.2, 0) is 11.3 Å². The van der Waals surface area contributed by atoms with Crippen LogP contribution in [-0.4, -0.2) is 58.5 Å². The molecule has 0 saturated carbocycles. The van der Waals surface area contributed by atoms with E-state index in [9.17, 15) is 0 Å². The summed E-state index contributed by atoms with van der Waals surface area (Å²) < 4.78 is 11.3. The zero-order chi connectivity index (χ0) is 17.2. The first-order chi connectivity index (χ1) is 12.2. The van der Waals surface area contributed by atoms with Crippen LogP contribution in [0.2, 0.25) is 0 Å². The van der Waals surface area contributed by atoms with E-state index in [4.69, 9.17) is 9.47 Å². The summed E-state index contributed by atoms with van der Waals surface area (Å²) in [7, 11) is 4.10. The summed E-state index contributed by atoms with van der Waals surface area (Å²) in [5, 5.41) is 1.11. The van der Waals surface area contributed by atoms with Crippen LogP contribution in [0.5, 0.6) is 5.75 Å². The molecule has 0 atom stereocenters. The van der Waals surface area contributed by atoms with E-state index in [-0.39, 0.29) is 0 Å². The largest absolute Gasteiger partial charge is 0.489 e. The smallest absolute Gasteiger partial charge is 0.185 e. The fourth-order valence-corrected chi connectivity index (χ4v) is 4.14. The maximum Gasteiger partial charge on any atom is 0.185 e. The Balaban J connectivity index is 1.50. The van der Waals surface area contributed by atoms with Crippen LogP contribution < -0.4 is 19.4 Å². The summed E-state index contributed by atoms with van der Waals surface area (Å²) in [6.07, 6.45) is 2.01. The van der Waals surface area contributed by atoms with Gasteiger partial charge in [0.15, 0.2) is 5.13 Å². The lowest BCUT2D eigenvalue weighted by atomic mass is 10.2. The normalized spacial score (nSPS) is 17.2. The predicted molar refractivity (Wildman–Crippen MR) is 102 cm³/mol. The molecule has 0 aliphatic carbocycles. The average molecular weight is 360 g/mol. The van der Waals surface area contributed by atoms with Gasteiger partial charge >= 0.3 is 0 Å². The van der Waals surface area contributed by atoms with E-state index in [1.165, 1.54) is 4.88 Å². The number of morpholine rings is 1. The van der Waals surface area contributed by atoms with Crippen LogP contribution in [0.1, 0.15) is 4.88 Å². The van der Waals surface area contributed by atoms with Gasteiger partial charge in [-0.15, -0.1) is 11.3 Å². The minimum Gasteiger partial charge on any atom is -0.489 e. The van der Waals surface area contributed by atoms with E-state index in [2.05, 4.69) is 37.9 Å². The lowest BCUT2D eigenvalue weighted by Gasteiger charge is -2.31. The van der Waals surface area contributed by atoms with E-state index >= 15 is 0 Å². The van der Waals surface area contributed by atoms with E-state index in [0.29, 0.717) is 0 Å². The van der Waals surface area contributed by atoms with Crippen LogP contribution in [0.15, 0.2) is 24.4 Å². The first kappa shape index (κ1) is 16.5. The lowest BCUT2D eigenvalue weighted by molar-refractivity contribution is 0.122. The molecule has 7 heteroatoms. The van der Waals surface area contributed by atoms with Gasteiger partial charge in [-0.1, -0.05) is 0 Å². The molecule has 6 nitrogen and oxygen atoms in total. The van der Waals surface area contributed by atoms with Crippen LogP contribution in [0.3, 0.4) is 0 Å². The van der Waals surface area contributed by atoms with Crippen molar-refractivity contribution in [3.63, 3.8) is 0 Å². The molecule has 0 amide bonds. The van der Waals surface area contributed by atoms with E-state index in [1.807, 2.05) is 20.3 Å². The highest BCUT2D eigenvalue weighted by molar-refractivity contribution is 7.15. The van der Waals surface area contributed by atoms with Gasteiger partial charge in [-0.05, 0) is 12.1 Å². The summed E-state index contributed by atoms with van der Waals surface area (Å²) in [6.45, 7) is 5.94. The van der Waals surface area contributed by atoms with Gasteiger partial charge in [0.25, 0.3) is 0 Å². The number of nitrogens with zero attached hydrogens (tertiary/aromatic N) is 4. The van der Waals surface area contributed by atoms with Crippen molar-refractivity contribution >= 4 is 27.8 Å². The summed E-state index contributed by atoms with van der Waals surface area (Å²) in [5.74, 6) is 0.968. The van der Waals surface area contributed by atoms with Gasteiger partial charge in [-0.3, -0.25) is 0 Å². The summed E-state index contributed by atoms with van der Waals surface area (Å²) in [6, 6.07) is 6.42. The van der Waals surface area contributed by atoms with E-state index < -0.39 is 0 Å². The maximum atomic E-state index is 5.88. The van der Waals surface area contributed by atoms with Crippen molar-refractivity contribution in [1.82, 2.24) is 4.98 Å². The lowest BCUT2D eigenvalue weighted by Crippen LogP contribution is -2.36. The highest BCUT2D eigenvalue weighted by Gasteiger charge is 2.21. The number of aromatic nitrogens is 1. The molecule has 2 aliphatic heterocycles. The van der Waals surface area contributed by atoms with Gasteiger partial charge < -0.3 is 24.2 Å². The monoisotopic (exact) mass is 360 g/mol. The second-order valence-electron chi connectivity index (χ2n) is 6.53. The Kier molecular flexibility index (Phi) is 4.67. The van der Waals surface area contributed by atoms with Crippen LogP contribution in [0.4, 0.5) is 16.5 Å². The van der Waals surface area contributed by atoms with Crippen molar-refractivity contribution in [2.75, 3.05) is 68.2 Å². The molecule has 0 unspecified atom stereocenters. The third kappa shape index (κ3) is 3.52. The van der Waals surface area contributed by atoms with Crippen molar-refractivity contribution in [2.24, 2.45) is 0 Å². The minimum absolute atomic E-state index is 0.721. The first-order valence-electron chi connectivity index (χ1n) is 8.67. The van der Waals surface area contributed by atoms with Gasteiger partial charge in [-0.25, -0.2) is 4.98 Å². The molecular formula is C18H24N4O2S. The number of thiazole rings is 1. The molecule has 0 N–H and O–H groups in total. The predicted octanol–water partition coefficient (Wildman–Crippen LogP) is 2.44. The topological polar surface area (TPSA) is 41.1 Å². The summed E-state index contributed by atoms with van der Waals surface area (Å²) >= 11 is 1.78. The molecule has 4 rings (SSSR count). The Labute approximate surface area is 152 Å². The van der Waals surface area contributed by atoms with Crippen molar-refractivity contribution in [3.8, 4) is 5.75 Å². The van der Waals surface area contributed by atoms with Crippen molar-refractivity contribution in [3.05, 3.63) is 29.3 Å². The minimum atomic E-state index is 0.721. The molecule has 1 saturated heterocycles. The van der Waals surface area contributed by atoms with Crippen molar-refractivity contribution in [1.29, 1.82) is 0 Å². The van der Waals surface area contributed by atoms with E-state index in [0.717, 1.165) is 68.3 Å². The highest BCUT2D eigenvalue weighted by atomic mass is 32.1. The van der Waals surface area contributed by atoms with Crippen LogP contribution in [0.25, 0.3) is 0 Å². The molecule has 1 aromatic heterocycles. The number of anilines is 3. The number of ether oxygens (including phenoxy) is 2. The zero-order valence-electron chi connectivity index (χ0n) is 14.8. The van der Waals surface area contributed by atoms with Gasteiger partial charge in [0.2, 0.25) is 0 Å². The number of benzene rings is 1. The van der Waals surface area contributed by atoms with Gasteiger partial charge in [-0.2, -0.15) is 0 Å². The molecule has 0 spiro atoms. The molecule has 3 heterocycles. The fraction of sp³-hybridized carbons (Fsp3) is 0.500. The third-order valence-electron chi connectivity index (χ3n) is 4.59. The van der Waals surface area contributed by atoms with E-state index in [1.54, 1.807) is 11.3 Å².